The van der Waals surface area contributed by atoms with Gasteiger partial charge in [0, 0.05) is 50.0 Å². The fourth-order valence-corrected chi connectivity index (χ4v) is 2.90. The molecule has 5 heteroatoms. The molecule has 1 aromatic rings. The van der Waals surface area contributed by atoms with Gasteiger partial charge in [-0.2, -0.15) is 0 Å². The van der Waals surface area contributed by atoms with Crippen LogP contribution >= 0.6 is 0 Å². The molecule has 1 amide bonds. The second kappa shape index (κ2) is 8.89. The van der Waals surface area contributed by atoms with Crippen molar-refractivity contribution in [2.75, 3.05) is 50.8 Å². The number of amides is 1. The summed E-state index contributed by atoms with van der Waals surface area (Å²) >= 11 is 0. The fourth-order valence-electron chi connectivity index (χ4n) is 2.90. The Morgan fingerprint density at radius 2 is 1.91 bits per heavy atom. The van der Waals surface area contributed by atoms with Gasteiger partial charge in [-0.05, 0) is 45.0 Å². The molecule has 1 N–H and O–H groups in total. The normalized spacial score (nSPS) is 15.7. The van der Waals surface area contributed by atoms with Gasteiger partial charge in [-0.1, -0.05) is 0 Å². The fraction of sp³-hybridized carbons (Fsp3) is 0.611. The van der Waals surface area contributed by atoms with Gasteiger partial charge in [0.2, 0.25) is 0 Å². The molecule has 1 heterocycles. The summed E-state index contributed by atoms with van der Waals surface area (Å²) in [4.78, 5) is 16.8. The first-order valence-corrected chi connectivity index (χ1v) is 8.56. The van der Waals surface area contributed by atoms with Crippen LogP contribution in [0.3, 0.4) is 0 Å². The number of morpholine rings is 1. The van der Waals surface area contributed by atoms with Crippen LogP contribution < -0.4 is 10.2 Å². The predicted octanol–water partition coefficient (Wildman–Crippen LogP) is 1.98. The highest BCUT2D eigenvalue weighted by molar-refractivity contribution is 5.94. The summed E-state index contributed by atoms with van der Waals surface area (Å²) in [5, 5.41) is 3.00. The lowest BCUT2D eigenvalue weighted by atomic mass is 10.1. The summed E-state index contributed by atoms with van der Waals surface area (Å²) in [6.45, 7) is 12.5. The zero-order valence-electron chi connectivity index (χ0n) is 14.5. The molecule has 23 heavy (non-hydrogen) atoms. The molecule has 0 radical (unpaired) electrons. The Morgan fingerprint density at radius 1 is 1.26 bits per heavy atom. The number of ether oxygens (including phenoxy) is 1. The van der Waals surface area contributed by atoms with E-state index in [-0.39, 0.29) is 5.91 Å². The molecule has 0 spiro atoms. The number of nitrogens with zero attached hydrogens (tertiary/aromatic N) is 2. The first-order chi connectivity index (χ1) is 11.1. The zero-order valence-corrected chi connectivity index (χ0v) is 14.5. The number of nitrogens with one attached hydrogen (secondary N) is 1. The molecule has 0 bridgehead atoms. The molecule has 0 aromatic heterocycles. The van der Waals surface area contributed by atoms with Gasteiger partial charge in [-0.25, -0.2) is 0 Å². The smallest absolute Gasteiger partial charge is 0.251 e. The molecular formula is C18H29N3O2. The lowest BCUT2D eigenvalue weighted by Crippen LogP contribution is -2.41. The highest BCUT2D eigenvalue weighted by atomic mass is 16.5. The number of carbonyl (C=O) groups is 1. The Kier molecular flexibility index (Phi) is 6.86. The van der Waals surface area contributed by atoms with E-state index >= 15 is 0 Å². The zero-order chi connectivity index (χ0) is 16.7. The topological polar surface area (TPSA) is 44.8 Å². The molecule has 0 aliphatic carbocycles. The molecule has 1 aromatic carbocycles. The van der Waals surface area contributed by atoms with Gasteiger partial charge in [-0.3, -0.25) is 9.69 Å². The molecule has 2 rings (SSSR count). The summed E-state index contributed by atoms with van der Waals surface area (Å²) in [6.07, 6.45) is 0. The maximum Gasteiger partial charge on any atom is 0.251 e. The van der Waals surface area contributed by atoms with Crippen LogP contribution in [-0.4, -0.2) is 62.8 Å². The number of hydrogen-bond donors (Lipinski definition) is 1. The Hall–Kier alpha value is -1.59. The molecule has 0 atom stereocenters. The standard InChI is InChI=1S/C18H29N3O2/c1-4-21(15(2)3)17-7-5-16(6-8-17)18(22)19-9-10-20-11-13-23-14-12-20/h5-8,15H,4,9-14H2,1-3H3,(H,19,22). The van der Waals surface area contributed by atoms with Gasteiger partial charge >= 0.3 is 0 Å². The van der Waals surface area contributed by atoms with E-state index in [9.17, 15) is 4.79 Å². The Balaban J connectivity index is 1.82. The number of anilines is 1. The van der Waals surface area contributed by atoms with E-state index in [1.165, 1.54) is 0 Å². The van der Waals surface area contributed by atoms with Crippen molar-refractivity contribution in [3.8, 4) is 0 Å². The van der Waals surface area contributed by atoms with Crippen LogP contribution in [0.4, 0.5) is 5.69 Å². The van der Waals surface area contributed by atoms with Crippen molar-refractivity contribution in [3.63, 3.8) is 0 Å². The monoisotopic (exact) mass is 319 g/mol. The van der Waals surface area contributed by atoms with Gasteiger partial charge < -0.3 is 15.0 Å². The highest BCUT2D eigenvalue weighted by Crippen LogP contribution is 2.17. The average Bonchev–Trinajstić information content (AvgIpc) is 2.56. The first-order valence-electron chi connectivity index (χ1n) is 8.56. The van der Waals surface area contributed by atoms with E-state index in [1.54, 1.807) is 0 Å². The van der Waals surface area contributed by atoms with Crippen molar-refractivity contribution in [3.05, 3.63) is 29.8 Å². The summed E-state index contributed by atoms with van der Waals surface area (Å²) in [7, 11) is 0. The average molecular weight is 319 g/mol. The number of benzene rings is 1. The minimum absolute atomic E-state index is 0.00240. The van der Waals surface area contributed by atoms with Crippen molar-refractivity contribution in [1.82, 2.24) is 10.2 Å². The first kappa shape index (κ1) is 17.8. The van der Waals surface area contributed by atoms with E-state index in [1.807, 2.05) is 24.3 Å². The van der Waals surface area contributed by atoms with Crippen molar-refractivity contribution in [2.24, 2.45) is 0 Å². The van der Waals surface area contributed by atoms with Gasteiger partial charge in [0.1, 0.15) is 0 Å². The van der Waals surface area contributed by atoms with Crippen molar-refractivity contribution in [1.29, 1.82) is 0 Å². The Morgan fingerprint density at radius 3 is 2.48 bits per heavy atom. The van der Waals surface area contributed by atoms with Crippen LogP contribution in [0.15, 0.2) is 24.3 Å². The highest BCUT2D eigenvalue weighted by Gasteiger charge is 2.12. The van der Waals surface area contributed by atoms with Crippen LogP contribution in [0, 0.1) is 0 Å². The van der Waals surface area contributed by atoms with E-state index in [0.717, 1.165) is 50.6 Å². The van der Waals surface area contributed by atoms with Crippen LogP contribution in [-0.2, 0) is 4.74 Å². The van der Waals surface area contributed by atoms with Crippen LogP contribution in [0.2, 0.25) is 0 Å². The maximum absolute atomic E-state index is 12.2. The minimum atomic E-state index is -0.00240. The third-order valence-electron chi connectivity index (χ3n) is 4.24. The number of hydrogen-bond acceptors (Lipinski definition) is 4. The molecule has 128 valence electrons. The second-order valence-corrected chi connectivity index (χ2v) is 6.14. The van der Waals surface area contributed by atoms with Crippen molar-refractivity contribution >= 4 is 11.6 Å². The molecule has 0 unspecified atom stereocenters. The van der Waals surface area contributed by atoms with Gasteiger partial charge in [0.15, 0.2) is 0 Å². The van der Waals surface area contributed by atoms with Crippen molar-refractivity contribution < 1.29 is 9.53 Å². The third kappa shape index (κ3) is 5.22. The van der Waals surface area contributed by atoms with E-state index in [4.69, 9.17) is 4.74 Å². The minimum Gasteiger partial charge on any atom is -0.379 e. The van der Waals surface area contributed by atoms with Gasteiger partial charge in [-0.15, -0.1) is 0 Å². The van der Waals surface area contributed by atoms with Crippen LogP contribution in [0.1, 0.15) is 31.1 Å². The number of carbonyl (C=O) groups excluding carboxylic acids is 1. The van der Waals surface area contributed by atoms with Crippen LogP contribution in [0.5, 0.6) is 0 Å². The van der Waals surface area contributed by atoms with Crippen LogP contribution in [0.25, 0.3) is 0 Å². The largest absolute Gasteiger partial charge is 0.379 e. The molecule has 5 nitrogen and oxygen atoms in total. The second-order valence-electron chi connectivity index (χ2n) is 6.14. The van der Waals surface area contributed by atoms with Gasteiger partial charge in [0.25, 0.3) is 5.91 Å². The van der Waals surface area contributed by atoms with E-state index in [2.05, 4.69) is 35.9 Å². The lowest BCUT2D eigenvalue weighted by molar-refractivity contribution is 0.0383. The Bertz CT molecular complexity index is 482. The number of rotatable bonds is 7. The predicted molar refractivity (Wildman–Crippen MR) is 94.2 cm³/mol. The third-order valence-corrected chi connectivity index (χ3v) is 4.24. The molecular weight excluding hydrogens is 290 g/mol. The molecule has 1 fully saturated rings. The molecule has 1 aliphatic heterocycles. The summed E-state index contributed by atoms with van der Waals surface area (Å²) in [5.74, 6) is -0.00240. The SMILES string of the molecule is CCN(c1ccc(C(=O)NCCN2CCOCC2)cc1)C(C)C. The van der Waals surface area contributed by atoms with Gasteiger partial charge in [0.05, 0.1) is 13.2 Å². The lowest BCUT2D eigenvalue weighted by Gasteiger charge is -2.27. The summed E-state index contributed by atoms with van der Waals surface area (Å²) in [5.41, 5.74) is 1.88. The Labute approximate surface area is 139 Å². The maximum atomic E-state index is 12.2. The molecule has 1 aliphatic rings. The molecule has 0 saturated carbocycles. The quantitative estimate of drug-likeness (QED) is 0.835. The van der Waals surface area contributed by atoms with E-state index < -0.39 is 0 Å². The summed E-state index contributed by atoms with van der Waals surface area (Å²) in [6, 6.07) is 8.32. The molecule has 1 saturated heterocycles. The summed E-state index contributed by atoms with van der Waals surface area (Å²) < 4.78 is 5.32. The van der Waals surface area contributed by atoms with E-state index in [0.29, 0.717) is 12.6 Å². The van der Waals surface area contributed by atoms with Crippen molar-refractivity contribution in [2.45, 2.75) is 26.8 Å².